The quantitative estimate of drug-likeness (QED) is 0.225. The number of hydrogen-bond acceptors (Lipinski definition) is 0. The van der Waals surface area contributed by atoms with Gasteiger partial charge in [-0.2, -0.15) is 0 Å². The summed E-state index contributed by atoms with van der Waals surface area (Å²) in [7, 11) is 0. The Bertz CT molecular complexity index is 898. The Hall–Kier alpha value is -3.12. The summed E-state index contributed by atoms with van der Waals surface area (Å²) in [6.45, 7) is 32.2. The largest absolute Gasteiger partial charge is 0.0808 e. The maximum absolute atomic E-state index is 2.26. The van der Waals surface area contributed by atoms with E-state index in [1.807, 2.05) is 133 Å². The molecular weight excluding hydrogens is 577 g/mol. The Morgan fingerprint density at radius 2 is 0.729 bits per heavy atom. The minimum absolute atomic E-state index is 0. The fourth-order valence-corrected chi connectivity index (χ4v) is 3.65. The van der Waals surface area contributed by atoms with E-state index in [1.54, 1.807) is 11.1 Å². The van der Waals surface area contributed by atoms with E-state index in [0.717, 1.165) is 12.8 Å². The molecule has 3 aliphatic rings. The molecule has 6 rings (SSSR count). The standard InChI is InChI=1S/C10H12.C9H8.C6H6.C5H6.C3H8.7C2H6.CH4/c1-2-6-10-8-4-3-7-9(10)5-1;1-2-5-9-7-3-6-8(9)4-1;1-2-4-6-5-3-1;1-2-4-5-3-1;1-3-2;7*1-2;/h1-2,5-6H,3-4,7-8H2;1-6H,7H2;1-6H;1-4H,5H2;3H2,1-2H3;7*1-2H3;1H4. The van der Waals surface area contributed by atoms with Crippen LogP contribution in [0.2, 0.25) is 0 Å². The Morgan fingerprint density at radius 1 is 0.417 bits per heavy atom. The van der Waals surface area contributed by atoms with Crippen molar-refractivity contribution in [3.8, 4) is 0 Å². The first-order valence-corrected chi connectivity index (χ1v) is 19.5. The van der Waals surface area contributed by atoms with Crippen molar-refractivity contribution in [2.75, 3.05) is 0 Å². The van der Waals surface area contributed by atoms with Gasteiger partial charge in [0.25, 0.3) is 0 Å². The number of aryl methyl sites for hydroxylation is 2. The first-order valence-electron chi connectivity index (χ1n) is 19.5. The van der Waals surface area contributed by atoms with Crippen molar-refractivity contribution in [3.63, 3.8) is 0 Å². The van der Waals surface area contributed by atoms with Crippen LogP contribution in [0.1, 0.15) is 166 Å². The maximum Gasteiger partial charge on any atom is -0.00882 e. The molecule has 3 aromatic rings. The second kappa shape index (κ2) is 62.7. The van der Waals surface area contributed by atoms with Crippen molar-refractivity contribution in [2.24, 2.45) is 0 Å². The van der Waals surface area contributed by atoms with Gasteiger partial charge in [0.1, 0.15) is 0 Å². The lowest BCUT2D eigenvalue weighted by Gasteiger charge is -2.13. The second-order valence-electron chi connectivity index (χ2n) is 8.23. The number of hydrogen-bond donors (Lipinski definition) is 0. The molecule has 48 heavy (non-hydrogen) atoms. The first kappa shape index (κ1) is 60.2. The predicted molar refractivity (Wildman–Crippen MR) is 234 cm³/mol. The number of rotatable bonds is 0. The smallest absolute Gasteiger partial charge is 0.00882 e. The molecule has 0 bridgehead atoms. The number of benzene rings is 3. The van der Waals surface area contributed by atoms with E-state index >= 15 is 0 Å². The predicted octanol–water partition coefficient (Wildman–Crippen LogP) is 17.2. The maximum atomic E-state index is 2.26. The highest BCUT2D eigenvalue weighted by Crippen LogP contribution is 2.20. The van der Waals surface area contributed by atoms with Crippen molar-refractivity contribution in [2.45, 2.75) is 163 Å². The molecule has 0 nitrogen and oxygen atoms in total. The molecule has 0 spiro atoms. The second-order valence-corrected chi connectivity index (χ2v) is 8.23. The molecule has 0 radical (unpaired) electrons. The van der Waals surface area contributed by atoms with Gasteiger partial charge < -0.3 is 0 Å². The molecule has 0 saturated carbocycles. The van der Waals surface area contributed by atoms with E-state index in [0.29, 0.717) is 0 Å². The van der Waals surface area contributed by atoms with Crippen LogP contribution in [0.3, 0.4) is 0 Å². The summed E-state index contributed by atoms with van der Waals surface area (Å²) in [6.07, 6.45) is 21.6. The molecule has 3 aliphatic carbocycles. The average molecular weight is 663 g/mol. The highest BCUT2D eigenvalue weighted by atomic mass is 14.1. The monoisotopic (exact) mass is 663 g/mol. The summed E-state index contributed by atoms with van der Waals surface area (Å²) < 4.78 is 0. The third-order valence-corrected chi connectivity index (χ3v) is 5.27. The van der Waals surface area contributed by atoms with Gasteiger partial charge in [-0.25, -0.2) is 0 Å². The van der Waals surface area contributed by atoms with Crippen LogP contribution in [-0.4, -0.2) is 0 Å². The SMILES string of the molecule is C.C1=CCC=C1.C1=Cc2ccccc2C1.CC.CC.CC.CC.CC.CC.CC.CCC.c1ccc2c(c1)CCCC2.c1ccccc1. The zero-order valence-corrected chi connectivity index (χ0v) is 34.5. The van der Waals surface area contributed by atoms with Gasteiger partial charge in [-0.05, 0) is 60.8 Å². The minimum Gasteiger partial charge on any atom is -0.0808 e. The minimum atomic E-state index is 0. The van der Waals surface area contributed by atoms with Gasteiger partial charge in [-0.3, -0.25) is 0 Å². The number of allylic oxidation sites excluding steroid dienone is 5. The average Bonchev–Trinajstić information content (AvgIpc) is 3.96. The lowest BCUT2D eigenvalue weighted by molar-refractivity contribution is 0.685. The first-order chi connectivity index (χ1) is 23.3. The molecule has 0 aliphatic heterocycles. The zero-order chi connectivity index (χ0) is 37.4. The van der Waals surface area contributed by atoms with Gasteiger partial charge >= 0.3 is 0 Å². The summed E-state index contributed by atoms with van der Waals surface area (Å²) in [5.41, 5.74) is 6.00. The highest BCUT2D eigenvalue weighted by molar-refractivity contribution is 5.59. The van der Waals surface area contributed by atoms with Crippen LogP contribution in [0.15, 0.2) is 115 Å². The molecule has 0 aromatic heterocycles. The Labute approximate surface area is 305 Å². The molecule has 0 heteroatoms. The Kier molecular flexibility index (Phi) is 78.6. The lowest BCUT2D eigenvalue weighted by Crippen LogP contribution is -2.00. The molecule has 0 heterocycles. The van der Waals surface area contributed by atoms with E-state index < -0.39 is 0 Å². The van der Waals surface area contributed by atoms with Gasteiger partial charge in [0, 0.05) is 0 Å². The van der Waals surface area contributed by atoms with Gasteiger partial charge in [0.2, 0.25) is 0 Å². The van der Waals surface area contributed by atoms with Crippen LogP contribution in [-0.2, 0) is 19.3 Å². The third-order valence-electron chi connectivity index (χ3n) is 5.27. The van der Waals surface area contributed by atoms with Crippen molar-refractivity contribution < 1.29 is 0 Å². The molecule has 3 aromatic carbocycles. The van der Waals surface area contributed by atoms with Gasteiger partial charge in [0.05, 0.1) is 0 Å². The molecule has 0 saturated heterocycles. The Balaban J connectivity index is -0.0000000821. The fraction of sp³-hybridized carbons (Fsp3) is 0.500. The van der Waals surface area contributed by atoms with Crippen molar-refractivity contribution in [1.29, 1.82) is 0 Å². The summed E-state index contributed by atoms with van der Waals surface area (Å²) in [6, 6.07) is 29.3. The van der Waals surface area contributed by atoms with Crippen LogP contribution >= 0.6 is 0 Å². The molecule has 0 unspecified atom stereocenters. The topological polar surface area (TPSA) is 0 Å². The molecule has 0 atom stereocenters. The molecular formula is C48H86. The van der Waals surface area contributed by atoms with Gasteiger partial charge in [-0.15, -0.1) is 0 Å². The fourth-order valence-electron chi connectivity index (χ4n) is 3.65. The van der Waals surface area contributed by atoms with E-state index in [-0.39, 0.29) is 7.43 Å². The van der Waals surface area contributed by atoms with Crippen LogP contribution in [0.25, 0.3) is 6.08 Å². The van der Waals surface area contributed by atoms with Crippen LogP contribution in [0, 0.1) is 0 Å². The lowest BCUT2D eigenvalue weighted by atomic mass is 9.92. The summed E-state index contributed by atoms with van der Waals surface area (Å²) in [5, 5.41) is 0. The summed E-state index contributed by atoms with van der Waals surface area (Å²) >= 11 is 0. The van der Waals surface area contributed by atoms with Crippen LogP contribution < -0.4 is 0 Å². The normalized spacial score (nSPS) is 10.1. The van der Waals surface area contributed by atoms with Gasteiger partial charge in [0.15, 0.2) is 0 Å². The van der Waals surface area contributed by atoms with Crippen molar-refractivity contribution in [3.05, 3.63) is 138 Å². The zero-order valence-electron chi connectivity index (χ0n) is 34.5. The van der Waals surface area contributed by atoms with Crippen LogP contribution in [0.4, 0.5) is 0 Å². The molecule has 0 fully saturated rings. The van der Waals surface area contributed by atoms with E-state index in [9.17, 15) is 0 Å². The van der Waals surface area contributed by atoms with Crippen LogP contribution in [0.5, 0.6) is 0 Å². The van der Waals surface area contributed by atoms with E-state index in [4.69, 9.17) is 0 Å². The van der Waals surface area contributed by atoms with Crippen molar-refractivity contribution in [1.82, 2.24) is 0 Å². The summed E-state index contributed by atoms with van der Waals surface area (Å²) in [5.74, 6) is 0. The van der Waals surface area contributed by atoms with E-state index in [1.165, 1.54) is 43.2 Å². The van der Waals surface area contributed by atoms with Gasteiger partial charge in [-0.1, -0.05) is 246 Å². The van der Waals surface area contributed by atoms with Crippen molar-refractivity contribution >= 4 is 6.08 Å². The Morgan fingerprint density at radius 3 is 1.02 bits per heavy atom. The van der Waals surface area contributed by atoms with E-state index in [2.05, 4.69) is 98.8 Å². The highest BCUT2D eigenvalue weighted by Gasteiger charge is 2.06. The third kappa shape index (κ3) is 40.9. The molecule has 0 N–H and O–H groups in total. The molecule has 0 amide bonds. The summed E-state index contributed by atoms with van der Waals surface area (Å²) in [4.78, 5) is 0. The molecule has 278 valence electrons. The number of fused-ring (bicyclic) bond motifs is 2.